The number of imidazole rings is 1. The van der Waals surface area contributed by atoms with Gasteiger partial charge in [-0.05, 0) is 13.3 Å². The van der Waals surface area contributed by atoms with Gasteiger partial charge >= 0.3 is 0 Å². The molecule has 3 heterocycles. The molecular weight excluding hydrogens is 288 g/mol. The standard InChI is InChI=1S/C13H16N6OS/c1-10-7-21-13-17-11(6-19(10)13)5-15-12(20)3-2-4-18-9-14-8-16-18/h6-9H,2-5H2,1H3,(H,15,20). The molecule has 0 bridgehead atoms. The van der Waals surface area contributed by atoms with Gasteiger partial charge in [-0.15, -0.1) is 11.3 Å². The number of rotatable bonds is 6. The van der Waals surface area contributed by atoms with Gasteiger partial charge in [-0.2, -0.15) is 5.10 Å². The van der Waals surface area contributed by atoms with Crippen molar-refractivity contribution in [3.8, 4) is 0 Å². The summed E-state index contributed by atoms with van der Waals surface area (Å²) in [5.74, 6) is 0.0307. The van der Waals surface area contributed by atoms with Gasteiger partial charge in [-0.3, -0.25) is 13.9 Å². The number of hydrogen-bond donors (Lipinski definition) is 1. The van der Waals surface area contributed by atoms with E-state index in [1.807, 2.05) is 17.5 Å². The van der Waals surface area contributed by atoms with Crippen LogP contribution in [0, 0.1) is 6.92 Å². The lowest BCUT2D eigenvalue weighted by molar-refractivity contribution is -0.121. The van der Waals surface area contributed by atoms with Crippen molar-refractivity contribution in [2.24, 2.45) is 0 Å². The van der Waals surface area contributed by atoms with E-state index in [1.165, 1.54) is 6.33 Å². The van der Waals surface area contributed by atoms with Crippen molar-refractivity contribution in [3.05, 3.63) is 35.6 Å². The highest BCUT2D eigenvalue weighted by Crippen LogP contribution is 2.15. The molecular formula is C13H16N6OS. The van der Waals surface area contributed by atoms with E-state index in [-0.39, 0.29) is 5.91 Å². The van der Waals surface area contributed by atoms with Crippen molar-refractivity contribution in [2.45, 2.75) is 32.9 Å². The first-order valence-corrected chi connectivity index (χ1v) is 7.61. The summed E-state index contributed by atoms with van der Waals surface area (Å²) in [5.41, 5.74) is 2.04. The van der Waals surface area contributed by atoms with Crippen molar-refractivity contribution < 1.29 is 4.79 Å². The molecule has 0 unspecified atom stereocenters. The Balaban J connectivity index is 1.44. The fraction of sp³-hybridized carbons (Fsp3) is 0.385. The monoisotopic (exact) mass is 304 g/mol. The number of thiazole rings is 1. The molecule has 0 atom stereocenters. The Labute approximate surface area is 125 Å². The van der Waals surface area contributed by atoms with Gasteiger partial charge in [0.2, 0.25) is 5.91 Å². The number of carbonyl (C=O) groups is 1. The number of carbonyl (C=O) groups excluding carboxylic acids is 1. The first-order chi connectivity index (χ1) is 10.2. The fourth-order valence-electron chi connectivity index (χ4n) is 2.05. The Bertz CT molecular complexity index is 729. The normalized spacial score (nSPS) is 11.1. The quantitative estimate of drug-likeness (QED) is 0.746. The molecule has 0 aromatic carbocycles. The number of nitrogens with zero attached hydrogens (tertiary/aromatic N) is 5. The molecule has 8 heteroatoms. The molecule has 0 saturated carbocycles. The lowest BCUT2D eigenvalue weighted by atomic mass is 10.3. The van der Waals surface area contributed by atoms with Crippen LogP contribution in [0.1, 0.15) is 24.2 Å². The highest BCUT2D eigenvalue weighted by atomic mass is 32.1. The highest BCUT2D eigenvalue weighted by Gasteiger charge is 2.07. The lowest BCUT2D eigenvalue weighted by Crippen LogP contribution is -2.23. The molecule has 0 aliphatic heterocycles. The third-order valence-corrected chi connectivity index (χ3v) is 4.12. The Kier molecular flexibility index (Phi) is 3.96. The summed E-state index contributed by atoms with van der Waals surface area (Å²) in [6.45, 7) is 3.21. The smallest absolute Gasteiger partial charge is 0.220 e. The summed E-state index contributed by atoms with van der Waals surface area (Å²) in [5, 5.41) is 8.95. The van der Waals surface area contributed by atoms with E-state index < -0.39 is 0 Å². The number of nitrogens with one attached hydrogen (secondary N) is 1. The molecule has 0 fully saturated rings. The molecule has 0 radical (unpaired) electrons. The van der Waals surface area contributed by atoms with Gasteiger partial charge in [0, 0.05) is 30.2 Å². The van der Waals surface area contributed by atoms with Crippen LogP contribution in [0.5, 0.6) is 0 Å². The average molecular weight is 304 g/mol. The van der Waals surface area contributed by atoms with E-state index in [1.54, 1.807) is 22.3 Å². The molecule has 21 heavy (non-hydrogen) atoms. The van der Waals surface area contributed by atoms with Crippen LogP contribution in [0.4, 0.5) is 0 Å². The summed E-state index contributed by atoms with van der Waals surface area (Å²) in [6, 6.07) is 0. The number of fused-ring (bicyclic) bond motifs is 1. The molecule has 0 spiro atoms. The first kappa shape index (κ1) is 13.7. The maximum absolute atomic E-state index is 11.8. The second kappa shape index (κ2) is 6.04. The molecule has 7 nitrogen and oxygen atoms in total. The van der Waals surface area contributed by atoms with Crippen LogP contribution >= 0.6 is 11.3 Å². The predicted octanol–water partition coefficient (Wildman–Crippen LogP) is 1.39. The minimum atomic E-state index is 0.0307. The number of hydrogen-bond acceptors (Lipinski definition) is 5. The molecule has 0 saturated heterocycles. The maximum Gasteiger partial charge on any atom is 0.220 e. The van der Waals surface area contributed by atoms with Gasteiger partial charge in [-0.25, -0.2) is 9.97 Å². The van der Waals surface area contributed by atoms with Crippen LogP contribution in [0.15, 0.2) is 24.2 Å². The summed E-state index contributed by atoms with van der Waals surface area (Å²) in [7, 11) is 0. The Morgan fingerprint density at radius 2 is 2.38 bits per heavy atom. The summed E-state index contributed by atoms with van der Waals surface area (Å²) < 4.78 is 3.76. The van der Waals surface area contributed by atoms with Crippen LogP contribution in [0.2, 0.25) is 0 Å². The van der Waals surface area contributed by atoms with E-state index in [2.05, 4.69) is 25.8 Å². The van der Waals surface area contributed by atoms with Crippen LogP contribution in [0.3, 0.4) is 0 Å². The zero-order chi connectivity index (χ0) is 14.7. The van der Waals surface area contributed by atoms with Crippen molar-refractivity contribution >= 4 is 22.2 Å². The Morgan fingerprint density at radius 3 is 3.14 bits per heavy atom. The molecule has 1 amide bonds. The number of aromatic nitrogens is 5. The SMILES string of the molecule is Cc1csc2nc(CNC(=O)CCCn3cncn3)cn12. The molecule has 0 aliphatic carbocycles. The Morgan fingerprint density at radius 1 is 1.48 bits per heavy atom. The van der Waals surface area contributed by atoms with E-state index >= 15 is 0 Å². The number of amides is 1. The summed E-state index contributed by atoms with van der Waals surface area (Å²) in [6.07, 6.45) is 6.33. The molecule has 0 aliphatic rings. The van der Waals surface area contributed by atoms with Gasteiger partial charge in [0.15, 0.2) is 4.96 Å². The van der Waals surface area contributed by atoms with Crippen LogP contribution in [0.25, 0.3) is 4.96 Å². The van der Waals surface area contributed by atoms with Crippen molar-refractivity contribution in [1.29, 1.82) is 0 Å². The third kappa shape index (κ3) is 3.27. The third-order valence-electron chi connectivity index (χ3n) is 3.16. The van der Waals surface area contributed by atoms with E-state index in [0.29, 0.717) is 19.5 Å². The largest absolute Gasteiger partial charge is 0.350 e. The van der Waals surface area contributed by atoms with Crippen LogP contribution in [-0.4, -0.2) is 30.1 Å². The van der Waals surface area contributed by atoms with Crippen molar-refractivity contribution in [3.63, 3.8) is 0 Å². The molecule has 3 aromatic rings. The molecule has 3 rings (SSSR count). The molecule has 1 N–H and O–H groups in total. The lowest BCUT2D eigenvalue weighted by Gasteiger charge is -2.03. The van der Waals surface area contributed by atoms with Gasteiger partial charge in [0.25, 0.3) is 0 Å². The Hall–Kier alpha value is -2.22. The summed E-state index contributed by atoms with van der Waals surface area (Å²) >= 11 is 1.60. The van der Waals surface area contributed by atoms with E-state index in [0.717, 1.165) is 22.8 Å². The summed E-state index contributed by atoms with van der Waals surface area (Å²) in [4.78, 5) is 21.1. The predicted molar refractivity (Wildman–Crippen MR) is 78.9 cm³/mol. The van der Waals surface area contributed by atoms with E-state index in [4.69, 9.17) is 0 Å². The highest BCUT2D eigenvalue weighted by molar-refractivity contribution is 7.15. The molecule has 3 aromatic heterocycles. The fourth-order valence-corrected chi connectivity index (χ4v) is 2.92. The maximum atomic E-state index is 11.8. The van der Waals surface area contributed by atoms with Gasteiger partial charge in [0.05, 0.1) is 12.2 Å². The van der Waals surface area contributed by atoms with Gasteiger partial charge < -0.3 is 5.32 Å². The van der Waals surface area contributed by atoms with Gasteiger partial charge in [0.1, 0.15) is 12.7 Å². The van der Waals surface area contributed by atoms with Crippen molar-refractivity contribution in [2.75, 3.05) is 0 Å². The molecule has 110 valence electrons. The zero-order valence-electron chi connectivity index (χ0n) is 11.7. The second-order valence-electron chi connectivity index (χ2n) is 4.80. The minimum absolute atomic E-state index is 0.0307. The second-order valence-corrected chi connectivity index (χ2v) is 5.64. The topological polar surface area (TPSA) is 77.1 Å². The van der Waals surface area contributed by atoms with E-state index in [9.17, 15) is 4.79 Å². The minimum Gasteiger partial charge on any atom is -0.350 e. The number of aryl methyl sites for hydroxylation is 2. The average Bonchev–Trinajstić information content (AvgIpc) is 3.16. The van der Waals surface area contributed by atoms with Crippen LogP contribution in [-0.2, 0) is 17.9 Å². The van der Waals surface area contributed by atoms with Crippen molar-refractivity contribution in [1.82, 2.24) is 29.5 Å². The van der Waals surface area contributed by atoms with Crippen LogP contribution < -0.4 is 5.32 Å². The zero-order valence-corrected chi connectivity index (χ0v) is 12.5. The van der Waals surface area contributed by atoms with Gasteiger partial charge in [-0.1, -0.05) is 0 Å². The first-order valence-electron chi connectivity index (χ1n) is 6.73.